The number of pyridine rings is 1. The topological polar surface area (TPSA) is 48.0 Å². The number of benzene rings is 3. The van der Waals surface area contributed by atoms with Crippen LogP contribution in [0.4, 0.5) is 0 Å². The number of aromatic nitrogens is 1. The smallest absolute Gasteiger partial charge is 0.106 e. The summed E-state index contributed by atoms with van der Waals surface area (Å²) < 4.78 is -0.400. The average molecular weight is 426 g/mol. The van der Waals surface area contributed by atoms with Crippen LogP contribution in [0, 0.1) is 5.21 Å². The summed E-state index contributed by atoms with van der Waals surface area (Å²) in [6.07, 6.45) is 0.983. The van der Waals surface area contributed by atoms with Crippen molar-refractivity contribution < 1.29 is 4.65 Å². The number of quaternary nitrogens is 1. The summed E-state index contributed by atoms with van der Waals surface area (Å²) in [4.78, 5) is 5.02. The summed E-state index contributed by atoms with van der Waals surface area (Å²) in [6, 6.07) is 29.2. The molecule has 0 aliphatic rings. The van der Waals surface area contributed by atoms with Gasteiger partial charge in [-0.05, 0) is 23.6 Å². The summed E-state index contributed by atoms with van der Waals surface area (Å²) >= 11 is 0. The Morgan fingerprint density at radius 1 is 0.844 bits per heavy atom. The van der Waals surface area contributed by atoms with E-state index in [-0.39, 0.29) is 6.04 Å². The summed E-state index contributed by atoms with van der Waals surface area (Å²) in [5, 5.41) is 17.7. The molecule has 0 saturated carbocycles. The van der Waals surface area contributed by atoms with Crippen LogP contribution in [-0.4, -0.2) is 23.7 Å². The van der Waals surface area contributed by atoms with E-state index >= 15 is 0 Å². The van der Waals surface area contributed by atoms with Gasteiger partial charge in [-0.15, -0.1) is 0 Å². The zero-order valence-electron chi connectivity index (χ0n) is 19.1. The van der Waals surface area contributed by atoms with Gasteiger partial charge in [-0.3, -0.25) is 0 Å². The minimum Gasteiger partial charge on any atom is -0.633 e. The maximum absolute atomic E-state index is 12.8. The van der Waals surface area contributed by atoms with Crippen LogP contribution in [0.25, 0.3) is 22.2 Å². The van der Waals surface area contributed by atoms with Crippen LogP contribution < -0.4 is 5.32 Å². The van der Waals surface area contributed by atoms with E-state index in [1.165, 1.54) is 5.56 Å². The zero-order chi connectivity index (χ0) is 22.6. The lowest BCUT2D eigenvalue weighted by Crippen LogP contribution is -2.32. The van der Waals surface area contributed by atoms with Crippen LogP contribution in [0.2, 0.25) is 0 Å². The van der Waals surface area contributed by atoms with Crippen molar-refractivity contribution in [2.75, 3.05) is 14.1 Å². The second kappa shape index (κ2) is 9.61. The highest BCUT2D eigenvalue weighted by molar-refractivity contribution is 5.87. The van der Waals surface area contributed by atoms with Crippen LogP contribution >= 0.6 is 0 Å². The first kappa shape index (κ1) is 22.2. The standard InChI is InChI=1S/C28H31N3O/c1-4-26(21-13-7-5-8-14-21)29-19-24-23-17-11-12-18-27(23)30-28(22-15-9-6-10-16-22)25(24)20-31(2,3)32/h5-18,26,29H,4,19-20H2,1-3H3/t26-/m0/s1. The van der Waals surface area contributed by atoms with Gasteiger partial charge in [-0.25, -0.2) is 4.98 Å². The molecule has 4 rings (SSSR count). The highest BCUT2D eigenvalue weighted by atomic mass is 16.5. The molecule has 0 aliphatic heterocycles. The number of nitrogens with one attached hydrogen (secondary N) is 1. The predicted molar refractivity (Wildman–Crippen MR) is 133 cm³/mol. The van der Waals surface area contributed by atoms with E-state index < -0.39 is 4.65 Å². The van der Waals surface area contributed by atoms with Crippen molar-refractivity contribution in [2.24, 2.45) is 0 Å². The molecule has 3 aromatic carbocycles. The summed E-state index contributed by atoms with van der Waals surface area (Å²) in [5.41, 5.74) is 6.35. The lowest BCUT2D eigenvalue weighted by molar-refractivity contribution is -0.853. The van der Waals surface area contributed by atoms with E-state index in [0.29, 0.717) is 13.1 Å². The molecule has 1 aromatic heterocycles. The molecule has 0 spiro atoms. The van der Waals surface area contributed by atoms with Gasteiger partial charge in [0.15, 0.2) is 0 Å². The summed E-state index contributed by atoms with van der Waals surface area (Å²) in [5.74, 6) is 0. The SMILES string of the molecule is CC[C@H](NCc1c(C[N+](C)(C)[O-])c(-c2ccccc2)nc2ccccc12)c1ccccc1. The molecule has 4 heteroatoms. The van der Waals surface area contributed by atoms with Crippen LogP contribution in [0.5, 0.6) is 0 Å². The predicted octanol–water partition coefficient (Wildman–Crippen LogP) is 6.22. The van der Waals surface area contributed by atoms with Gasteiger partial charge in [0.25, 0.3) is 0 Å². The molecule has 0 amide bonds. The van der Waals surface area contributed by atoms with E-state index in [2.05, 4.69) is 60.8 Å². The van der Waals surface area contributed by atoms with Crippen LogP contribution in [0.1, 0.15) is 36.1 Å². The molecule has 1 atom stereocenters. The minimum absolute atomic E-state index is 0.242. The lowest BCUT2D eigenvalue weighted by atomic mass is 9.95. The van der Waals surface area contributed by atoms with Crippen molar-refractivity contribution in [3.63, 3.8) is 0 Å². The fourth-order valence-corrected chi connectivity index (χ4v) is 4.32. The molecule has 4 aromatic rings. The number of para-hydroxylation sites is 1. The molecule has 0 bridgehead atoms. The molecule has 1 N–H and O–H groups in total. The maximum atomic E-state index is 12.8. The number of hydroxylamine groups is 3. The maximum Gasteiger partial charge on any atom is 0.106 e. The molecular weight excluding hydrogens is 394 g/mol. The highest BCUT2D eigenvalue weighted by Crippen LogP contribution is 2.32. The Labute approximate surface area is 190 Å². The minimum atomic E-state index is -0.400. The third kappa shape index (κ3) is 5.05. The van der Waals surface area contributed by atoms with Gasteiger partial charge in [-0.2, -0.15) is 0 Å². The summed E-state index contributed by atoms with van der Waals surface area (Å²) in [6.45, 7) is 3.23. The molecule has 0 unspecified atom stereocenters. The summed E-state index contributed by atoms with van der Waals surface area (Å²) in [7, 11) is 3.39. The highest BCUT2D eigenvalue weighted by Gasteiger charge is 2.21. The van der Waals surface area contributed by atoms with Crippen molar-refractivity contribution in [3.05, 3.63) is 107 Å². The van der Waals surface area contributed by atoms with E-state index in [1.807, 2.05) is 36.4 Å². The van der Waals surface area contributed by atoms with Crippen LogP contribution in [0.3, 0.4) is 0 Å². The average Bonchev–Trinajstić information content (AvgIpc) is 2.80. The Bertz CT molecular complexity index is 1170. The largest absolute Gasteiger partial charge is 0.633 e. The second-order valence-corrected chi connectivity index (χ2v) is 8.79. The Hall–Kier alpha value is -3.05. The number of hydrogen-bond acceptors (Lipinski definition) is 3. The fourth-order valence-electron chi connectivity index (χ4n) is 4.32. The number of hydrogen-bond donors (Lipinski definition) is 1. The van der Waals surface area contributed by atoms with E-state index in [4.69, 9.17) is 4.98 Å². The fraction of sp³-hybridized carbons (Fsp3) is 0.250. The first-order valence-electron chi connectivity index (χ1n) is 11.2. The number of rotatable bonds is 8. The van der Waals surface area contributed by atoms with Gasteiger partial charge in [0.1, 0.15) is 6.54 Å². The van der Waals surface area contributed by atoms with Gasteiger partial charge < -0.3 is 15.2 Å². The molecule has 0 radical (unpaired) electrons. The molecule has 0 aliphatic carbocycles. The zero-order valence-corrected chi connectivity index (χ0v) is 19.1. The number of fused-ring (bicyclic) bond motifs is 1. The van der Waals surface area contributed by atoms with Crippen molar-refractivity contribution in [2.45, 2.75) is 32.5 Å². The Morgan fingerprint density at radius 2 is 1.47 bits per heavy atom. The Kier molecular flexibility index (Phi) is 6.66. The van der Waals surface area contributed by atoms with E-state index in [0.717, 1.165) is 39.7 Å². The van der Waals surface area contributed by atoms with Gasteiger partial charge >= 0.3 is 0 Å². The number of nitrogens with zero attached hydrogens (tertiary/aromatic N) is 2. The lowest BCUT2D eigenvalue weighted by Gasteiger charge is -2.35. The van der Waals surface area contributed by atoms with Crippen LogP contribution in [-0.2, 0) is 13.1 Å². The first-order chi connectivity index (χ1) is 15.5. The van der Waals surface area contributed by atoms with E-state index in [9.17, 15) is 5.21 Å². The second-order valence-electron chi connectivity index (χ2n) is 8.79. The van der Waals surface area contributed by atoms with Crippen molar-refractivity contribution in [1.29, 1.82) is 0 Å². The molecular formula is C28H31N3O. The van der Waals surface area contributed by atoms with Crippen molar-refractivity contribution >= 4 is 10.9 Å². The molecule has 4 nitrogen and oxygen atoms in total. The normalized spacial score (nSPS) is 12.8. The molecule has 1 heterocycles. The quantitative estimate of drug-likeness (QED) is 0.269. The van der Waals surface area contributed by atoms with Gasteiger partial charge in [0.2, 0.25) is 0 Å². The molecule has 32 heavy (non-hydrogen) atoms. The monoisotopic (exact) mass is 425 g/mol. The molecule has 0 saturated heterocycles. The van der Waals surface area contributed by atoms with Crippen LogP contribution in [0.15, 0.2) is 84.9 Å². The third-order valence-corrected chi connectivity index (χ3v) is 5.83. The third-order valence-electron chi connectivity index (χ3n) is 5.83. The van der Waals surface area contributed by atoms with Gasteiger partial charge in [0, 0.05) is 29.1 Å². The molecule has 164 valence electrons. The van der Waals surface area contributed by atoms with E-state index in [1.54, 1.807) is 14.1 Å². The van der Waals surface area contributed by atoms with Crippen molar-refractivity contribution in [1.82, 2.24) is 10.3 Å². The van der Waals surface area contributed by atoms with Gasteiger partial charge in [-0.1, -0.05) is 85.8 Å². The van der Waals surface area contributed by atoms with Crippen molar-refractivity contribution in [3.8, 4) is 11.3 Å². The Morgan fingerprint density at radius 3 is 2.12 bits per heavy atom. The van der Waals surface area contributed by atoms with Gasteiger partial charge in [0.05, 0.1) is 25.3 Å². The molecule has 0 fully saturated rings. The first-order valence-corrected chi connectivity index (χ1v) is 11.2. The Balaban J connectivity index is 1.84.